The molecule has 0 saturated heterocycles. The molecule has 0 atom stereocenters. The monoisotopic (exact) mass is 373 g/mol. The molecule has 0 aliphatic heterocycles. The van der Waals surface area contributed by atoms with Crippen molar-refractivity contribution in [1.29, 1.82) is 0 Å². The number of likely N-dealkylation sites (N-methyl/N-ethyl adjacent to an activating group) is 1. The molecule has 1 N–H and O–H groups in total. The van der Waals surface area contributed by atoms with Crippen LogP contribution in [0.25, 0.3) is 0 Å². The maximum Gasteiger partial charge on any atom is 0.416 e. The number of nitrogens with zero attached hydrogens (tertiary/aromatic N) is 2. The zero-order valence-electron chi connectivity index (χ0n) is 13.9. The molecule has 0 fully saturated rings. The highest BCUT2D eigenvalue weighted by Gasteiger charge is 2.30. The number of anilines is 1. The Morgan fingerprint density at radius 1 is 1.24 bits per heavy atom. The molecule has 0 aliphatic carbocycles. The van der Waals surface area contributed by atoms with Gasteiger partial charge < -0.3 is 14.8 Å². The van der Waals surface area contributed by atoms with E-state index in [4.69, 9.17) is 11.6 Å². The molecule has 1 heterocycles. The zero-order chi connectivity index (χ0) is 18.6. The minimum atomic E-state index is -4.42. The third-order valence-corrected chi connectivity index (χ3v) is 3.74. The minimum absolute atomic E-state index is 0.00563. The van der Waals surface area contributed by atoms with Crippen molar-refractivity contribution in [1.82, 2.24) is 9.47 Å². The Balaban J connectivity index is 2.25. The van der Waals surface area contributed by atoms with Gasteiger partial charge in [0.15, 0.2) is 0 Å². The third-order valence-electron chi connectivity index (χ3n) is 3.53. The standard InChI is InChI=1S/C17H19ClF3N3O/c1-23(2)7-6-22-15-9-14(18)11-24(16(15)25)10-12-4-3-5-13(8-12)17(19,20)21/h3-5,8-9,11,22H,6-7,10H2,1-2H3. The van der Waals surface area contributed by atoms with E-state index in [1.807, 2.05) is 19.0 Å². The summed E-state index contributed by atoms with van der Waals surface area (Å²) >= 11 is 6.04. The van der Waals surface area contributed by atoms with Gasteiger partial charge in [0.25, 0.3) is 5.56 Å². The number of halogens is 4. The number of pyridine rings is 1. The molecular weight excluding hydrogens is 355 g/mol. The maximum absolute atomic E-state index is 12.8. The summed E-state index contributed by atoms with van der Waals surface area (Å²) in [4.78, 5) is 14.4. The van der Waals surface area contributed by atoms with Crippen molar-refractivity contribution in [2.75, 3.05) is 32.5 Å². The van der Waals surface area contributed by atoms with Crippen molar-refractivity contribution in [2.24, 2.45) is 0 Å². The van der Waals surface area contributed by atoms with Crippen LogP contribution in [-0.2, 0) is 12.7 Å². The summed E-state index contributed by atoms with van der Waals surface area (Å²) < 4.78 is 39.7. The van der Waals surface area contributed by atoms with E-state index in [1.165, 1.54) is 22.9 Å². The van der Waals surface area contributed by atoms with Gasteiger partial charge in [0.2, 0.25) is 0 Å². The average Bonchev–Trinajstić information content (AvgIpc) is 2.50. The zero-order valence-corrected chi connectivity index (χ0v) is 14.7. The number of benzene rings is 1. The summed E-state index contributed by atoms with van der Waals surface area (Å²) in [6.07, 6.45) is -3.00. The third kappa shape index (κ3) is 5.51. The Morgan fingerprint density at radius 2 is 1.96 bits per heavy atom. The average molecular weight is 374 g/mol. The first kappa shape index (κ1) is 19.3. The Bertz CT molecular complexity index is 787. The Labute approximate surface area is 148 Å². The Kier molecular flexibility index (Phi) is 6.13. The Hall–Kier alpha value is -1.99. The summed E-state index contributed by atoms with van der Waals surface area (Å²) in [5, 5.41) is 3.34. The first-order chi connectivity index (χ1) is 11.7. The van der Waals surface area contributed by atoms with Gasteiger partial charge in [-0.2, -0.15) is 13.2 Å². The number of rotatable bonds is 6. The highest BCUT2D eigenvalue weighted by molar-refractivity contribution is 6.30. The lowest BCUT2D eigenvalue weighted by Crippen LogP contribution is -2.27. The second-order valence-electron chi connectivity index (χ2n) is 5.93. The molecular formula is C17H19ClF3N3O. The topological polar surface area (TPSA) is 37.3 Å². The van der Waals surface area contributed by atoms with E-state index in [9.17, 15) is 18.0 Å². The summed E-state index contributed by atoms with van der Waals surface area (Å²) in [7, 11) is 3.82. The lowest BCUT2D eigenvalue weighted by atomic mass is 10.1. The molecule has 4 nitrogen and oxygen atoms in total. The van der Waals surface area contributed by atoms with Crippen LogP contribution in [0.2, 0.25) is 5.02 Å². The van der Waals surface area contributed by atoms with Crippen molar-refractivity contribution in [2.45, 2.75) is 12.7 Å². The van der Waals surface area contributed by atoms with E-state index in [0.717, 1.165) is 18.7 Å². The fraction of sp³-hybridized carbons (Fsp3) is 0.353. The molecule has 0 amide bonds. The van der Waals surface area contributed by atoms with Crippen molar-refractivity contribution in [3.8, 4) is 0 Å². The fourth-order valence-corrected chi connectivity index (χ4v) is 2.53. The molecule has 0 radical (unpaired) electrons. The second kappa shape index (κ2) is 7.93. The van der Waals surface area contributed by atoms with Crippen LogP contribution < -0.4 is 10.9 Å². The van der Waals surface area contributed by atoms with Crippen LogP contribution in [0.3, 0.4) is 0 Å². The quantitative estimate of drug-likeness (QED) is 0.841. The van der Waals surface area contributed by atoms with E-state index in [0.29, 0.717) is 22.8 Å². The van der Waals surface area contributed by atoms with Crippen LogP contribution in [0.4, 0.5) is 18.9 Å². The van der Waals surface area contributed by atoms with Crippen LogP contribution in [0.5, 0.6) is 0 Å². The number of nitrogens with one attached hydrogen (secondary N) is 1. The van der Waals surface area contributed by atoms with Crippen molar-refractivity contribution >= 4 is 17.3 Å². The molecule has 2 rings (SSSR count). The van der Waals surface area contributed by atoms with Crippen LogP contribution in [0.15, 0.2) is 41.3 Å². The first-order valence-electron chi connectivity index (χ1n) is 7.61. The Morgan fingerprint density at radius 3 is 2.60 bits per heavy atom. The van der Waals surface area contributed by atoms with Crippen LogP contribution in [0, 0.1) is 0 Å². The van der Waals surface area contributed by atoms with Crippen LogP contribution in [-0.4, -0.2) is 36.7 Å². The van der Waals surface area contributed by atoms with Gasteiger partial charge in [-0.15, -0.1) is 0 Å². The predicted molar refractivity (Wildman–Crippen MR) is 93.3 cm³/mol. The fourth-order valence-electron chi connectivity index (χ4n) is 2.30. The van der Waals surface area contributed by atoms with Gasteiger partial charge in [0.1, 0.15) is 5.69 Å². The largest absolute Gasteiger partial charge is 0.416 e. The van der Waals surface area contributed by atoms with E-state index in [1.54, 1.807) is 6.07 Å². The highest BCUT2D eigenvalue weighted by Crippen LogP contribution is 2.29. The second-order valence-corrected chi connectivity index (χ2v) is 6.37. The first-order valence-corrected chi connectivity index (χ1v) is 7.99. The van der Waals surface area contributed by atoms with Gasteiger partial charge in [0, 0.05) is 19.3 Å². The molecule has 8 heteroatoms. The van der Waals surface area contributed by atoms with Crippen molar-refractivity contribution < 1.29 is 13.2 Å². The minimum Gasteiger partial charge on any atom is -0.379 e. The molecule has 25 heavy (non-hydrogen) atoms. The lowest BCUT2D eigenvalue weighted by molar-refractivity contribution is -0.137. The molecule has 2 aromatic rings. The van der Waals surface area contributed by atoms with Crippen molar-refractivity contribution in [3.63, 3.8) is 0 Å². The highest BCUT2D eigenvalue weighted by atomic mass is 35.5. The summed E-state index contributed by atoms with van der Waals surface area (Å²) in [5.74, 6) is 0. The predicted octanol–water partition coefficient (Wildman–Crippen LogP) is 3.54. The molecule has 0 unspecified atom stereocenters. The van der Waals surface area contributed by atoms with E-state index < -0.39 is 11.7 Å². The normalized spacial score (nSPS) is 11.8. The van der Waals surface area contributed by atoms with Crippen LogP contribution in [0.1, 0.15) is 11.1 Å². The molecule has 1 aromatic heterocycles. The summed E-state index contributed by atoms with van der Waals surface area (Å²) in [6, 6.07) is 6.42. The van der Waals surface area contributed by atoms with E-state index in [-0.39, 0.29) is 12.1 Å². The van der Waals surface area contributed by atoms with Gasteiger partial charge in [-0.3, -0.25) is 4.79 Å². The molecule has 0 spiro atoms. The van der Waals surface area contributed by atoms with Gasteiger partial charge in [0.05, 0.1) is 17.1 Å². The SMILES string of the molecule is CN(C)CCNc1cc(Cl)cn(Cc2cccc(C(F)(F)F)c2)c1=O. The van der Waals surface area contributed by atoms with Gasteiger partial charge in [-0.05, 0) is 37.9 Å². The molecule has 0 saturated carbocycles. The summed E-state index contributed by atoms with van der Waals surface area (Å²) in [5.41, 5.74) is -0.385. The number of aromatic nitrogens is 1. The molecule has 0 bridgehead atoms. The summed E-state index contributed by atoms with van der Waals surface area (Å²) in [6.45, 7) is 1.28. The van der Waals surface area contributed by atoms with E-state index >= 15 is 0 Å². The number of hydrogen-bond donors (Lipinski definition) is 1. The molecule has 136 valence electrons. The molecule has 0 aliphatic rings. The van der Waals surface area contributed by atoms with Crippen LogP contribution >= 0.6 is 11.6 Å². The van der Waals surface area contributed by atoms with Gasteiger partial charge >= 0.3 is 6.18 Å². The van der Waals surface area contributed by atoms with Gasteiger partial charge in [-0.25, -0.2) is 0 Å². The number of hydrogen-bond acceptors (Lipinski definition) is 3. The lowest BCUT2D eigenvalue weighted by Gasteiger charge is -2.14. The smallest absolute Gasteiger partial charge is 0.379 e. The number of alkyl halides is 3. The molecule has 1 aromatic carbocycles. The van der Waals surface area contributed by atoms with E-state index in [2.05, 4.69) is 5.32 Å². The van der Waals surface area contributed by atoms with Gasteiger partial charge in [-0.1, -0.05) is 23.7 Å². The maximum atomic E-state index is 12.8. The van der Waals surface area contributed by atoms with Crippen molar-refractivity contribution in [3.05, 3.63) is 63.0 Å².